The van der Waals surface area contributed by atoms with Gasteiger partial charge in [0.1, 0.15) is 0 Å². The molecule has 2 aliphatic heterocycles. The van der Waals surface area contributed by atoms with Gasteiger partial charge < -0.3 is 15.0 Å². The van der Waals surface area contributed by atoms with Gasteiger partial charge in [0.05, 0.1) is 11.2 Å². The van der Waals surface area contributed by atoms with Crippen LogP contribution in [-0.4, -0.2) is 41.4 Å². The van der Waals surface area contributed by atoms with E-state index in [-0.39, 0.29) is 17.0 Å². The van der Waals surface area contributed by atoms with Gasteiger partial charge in [0.15, 0.2) is 11.6 Å². The molecule has 2 aliphatic rings. The fraction of sp³-hybridized carbons (Fsp3) is 0.706. The first-order valence-electron chi connectivity index (χ1n) is 8.08. The fourth-order valence-electron chi connectivity index (χ4n) is 3.81. The number of pyridine rings is 1. The minimum Gasteiger partial charge on any atom is -0.368 e. The molecule has 0 saturated carbocycles. The molecule has 2 atom stereocenters. The fourth-order valence-corrected chi connectivity index (χ4v) is 3.81. The van der Waals surface area contributed by atoms with E-state index in [9.17, 15) is 4.39 Å². The van der Waals surface area contributed by atoms with E-state index < -0.39 is 0 Å². The van der Waals surface area contributed by atoms with Crippen LogP contribution in [-0.2, 0) is 4.74 Å². The summed E-state index contributed by atoms with van der Waals surface area (Å²) in [5, 5.41) is 3.73. The van der Waals surface area contributed by atoms with Crippen molar-refractivity contribution in [3.63, 3.8) is 0 Å². The topological polar surface area (TPSA) is 37.4 Å². The van der Waals surface area contributed by atoms with Crippen molar-refractivity contribution >= 4 is 5.82 Å². The second-order valence-corrected chi connectivity index (χ2v) is 7.63. The van der Waals surface area contributed by atoms with E-state index in [1.54, 1.807) is 12.3 Å². The summed E-state index contributed by atoms with van der Waals surface area (Å²) in [7, 11) is 0. The van der Waals surface area contributed by atoms with E-state index in [2.05, 4.69) is 38.0 Å². The smallest absolute Gasteiger partial charge is 0.165 e. The van der Waals surface area contributed by atoms with Crippen LogP contribution < -0.4 is 10.2 Å². The maximum atomic E-state index is 13.9. The number of anilines is 1. The third-order valence-corrected chi connectivity index (χ3v) is 4.74. The van der Waals surface area contributed by atoms with Crippen LogP contribution in [0, 0.1) is 5.82 Å². The maximum absolute atomic E-state index is 13.9. The average molecular weight is 307 g/mol. The van der Waals surface area contributed by atoms with Gasteiger partial charge in [-0.3, -0.25) is 0 Å². The highest BCUT2D eigenvalue weighted by Crippen LogP contribution is 2.37. The molecule has 0 spiro atoms. The minimum atomic E-state index is -0.242. The molecule has 5 heteroatoms. The van der Waals surface area contributed by atoms with Gasteiger partial charge in [0.2, 0.25) is 0 Å². The number of aromatic nitrogens is 1. The summed E-state index contributed by atoms with van der Waals surface area (Å²) in [5.74, 6) is 0.225. The zero-order valence-electron chi connectivity index (χ0n) is 13.9. The molecule has 22 heavy (non-hydrogen) atoms. The zero-order valence-corrected chi connectivity index (χ0v) is 13.9. The number of hydrogen-bond donors (Lipinski definition) is 1. The van der Waals surface area contributed by atoms with Crippen LogP contribution in [0.4, 0.5) is 10.2 Å². The highest BCUT2D eigenvalue weighted by Gasteiger charge is 2.46. The third kappa shape index (κ3) is 3.10. The van der Waals surface area contributed by atoms with Gasteiger partial charge in [-0.15, -0.1) is 0 Å². The first-order chi connectivity index (χ1) is 10.3. The highest BCUT2D eigenvalue weighted by atomic mass is 19.1. The van der Waals surface area contributed by atoms with E-state index >= 15 is 0 Å². The molecule has 1 N–H and O–H groups in total. The molecule has 122 valence electrons. The van der Waals surface area contributed by atoms with Gasteiger partial charge in [0.25, 0.3) is 0 Å². The standard InChI is InChI=1S/C17H26FN3O/c1-16(2)10-14(17(3,4)22-16)20-12-7-9-21(11-12)15-13(18)6-5-8-19-15/h5-6,8,12,14,20H,7,9-11H2,1-4H3/t12-,14+/m1/s1. The maximum Gasteiger partial charge on any atom is 0.165 e. The molecule has 1 aromatic rings. The molecule has 0 bridgehead atoms. The molecule has 0 aliphatic carbocycles. The Kier molecular flexibility index (Phi) is 3.89. The Hall–Kier alpha value is -1.20. The Labute approximate surface area is 132 Å². The molecule has 1 aromatic heterocycles. The normalized spacial score (nSPS) is 30.0. The zero-order chi connectivity index (χ0) is 16.0. The number of halogens is 1. The number of rotatable bonds is 3. The number of nitrogens with zero attached hydrogens (tertiary/aromatic N) is 2. The molecule has 3 heterocycles. The monoisotopic (exact) mass is 307 g/mol. The molecule has 0 amide bonds. The summed E-state index contributed by atoms with van der Waals surface area (Å²) in [5.41, 5.74) is -0.264. The Morgan fingerprint density at radius 1 is 1.36 bits per heavy atom. The Morgan fingerprint density at radius 3 is 2.77 bits per heavy atom. The first-order valence-corrected chi connectivity index (χ1v) is 8.08. The van der Waals surface area contributed by atoms with E-state index in [1.807, 2.05) is 4.90 Å². The van der Waals surface area contributed by atoms with Crippen LogP contribution >= 0.6 is 0 Å². The van der Waals surface area contributed by atoms with E-state index in [4.69, 9.17) is 4.74 Å². The van der Waals surface area contributed by atoms with Gasteiger partial charge in [0, 0.05) is 31.4 Å². The lowest BCUT2D eigenvalue weighted by molar-refractivity contribution is -0.0703. The molecule has 0 aromatic carbocycles. The van der Waals surface area contributed by atoms with Crippen LogP contribution in [0.2, 0.25) is 0 Å². The summed E-state index contributed by atoms with van der Waals surface area (Å²) in [4.78, 5) is 6.21. The van der Waals surface area contributed by atoms with Crippen LogP contribution in [0.25, 0.3) is 0 Å². The van der Waals surface area contributed by atoms with Crippen molar-refractivity contribution in [1.29, 1.82) is 0 Å². The molecule has 2 saturated heterocycles. The van der Waals surface area contributed by atoms with Crippen molar-refractivity contribution in [2.24, 2.45) is 0 Å². The summed E-state index contributed by atoms with van der Waals surface area (Å²) in [6.07, 6.45) is 3.65. The van der Waals surface area contributed by atoms with E-state index in [0.717, 1.165) is 25.9 Å². The highest BCUT2D eigenvalue weighted by molar-refractivity contribution is 5.41. The van der Waals surface area contributed by atoms with Crippen molar-refractivity contribution in [2.45, 2.75) is 63.8 Å². The molecule has 4 nitrogen and oxygen atoms in total. The number of ether oxygens (including phenoxy) is 1. The lowest BCUT2D eigenvalue weighted by atomic mass is 9.93. The van der Waals surface area contributed by atoms with Crippen LogP contribution in [0.15, 0.2) is 18.3 Å². The van der Waals surface area contributed by atoms with Crippen molar-refractivity contribution in [3.05, 3.63) is 24.1 Å². The van der Waals surface area contributed by atoms with Crippen LogP contribution in [0.3, 0.4) is 0 Å². The molecule has 0 radical (unpaired) electrons. The van der Waals surface area contributed by atoms with Crippen LogP contribution in [0.1, 0.15) is 40.5 Å². The summed E-state index contributed by atoms with van der Waals surface area (Å²) >= 11 is 0. The minimum absolute atomic E-state index is 0.0907. The third-order valence-electron chi connectivity index (χ3n) is 4.74. The molecule has 2 fully saturated rings. The SMILES string of the molecule is CC1(C)C[C@H](N[C@@H]2CCN(c3ncccc3F)C2)C(C)(C)O1. The average Bonchev–Trinajstić information content (AvgIpc) is 2.92. The number of nitrogens with one attached hydrogen (secondary N) is 1. The van der Waals surface area contributed by atoms with Gasteiger partial charge in [-0.05, 0) is 52.7 Å². The lowest BCUT2D eigenvalue weighted by Gasteiger charge is -2.30. The van der Waals surface area contributed by atoms with Gasteiger partial charge >= 0.3 is 0 Å². The van der Waals surface area contributed by atoms with Crippen molar-refractivity contribution in [3.8, 4) is 0 Å². The lowest BCUT2D eigenvalue weighted by Crippen LogP contribution is -2.48. The summed E-state index contributed by atoms with van der Waals surface area (Å²) in [6, 6.07) is 3.77. The van der Waals surface area contributed by atoms with Gasteiger partial charge in [-0.2, -0.15) is 0 Å². The van der Waals surface area contributed by atoms with E-state index in [0.29, 0.717) is 17.9 Å². The first kappa shape index (κ1) is 15.7. The van der Waals surface area contributed by atoms with E-state index in [1.165, 1.54) is 6.07 Å². The summed E-state index contributed by atoms with van der Waals surface area (Å²) in [6.45, 7) is 10.2. The Balaban J connectivity index is 1.63. The van der Waals surface area contributed by atoms with Gasteiger partial charge in [-0.1, -0.05) is 0 Å². The van der Waals surface area contributed by atoms with Crippen LogP contribution in [0.5, 0.6) is 0 Å². The quantitative estimate of drug-likeness (QED) is 0.932. The molecule has 0 unspecified atom stereocenters. The van der Waals surface area contributed by atoms with Gasteiger partial charge in [-0.25, -0.2) is 9.37 Å². The van der Waals surface area contributed by atoms with Crippen molar-refractivity contribution < 1.29 is 9.13 Å². The molecular formula is C17H26FN3O. The van der Waals surface area contributed by atoms with Crippen molar-refractivity contribution in [1.82, 2.24) is 10.3 Å². The predicted octanol–water partition coefficient (Wildman–Crippen LogP) is 2.74. The second kappa shape index (κ2) is 5.46. The summed E-state index contributed by atoms with van der Waals surface area (Å²) < 4.78 is 20.0. The Morgan fingerprint density at radius 2 is 2.14 bits per heavy atom. The van der Waals surface area contributed by atoms with Crippen molar-refractivity contribution in [2.75, 3.05) is 18.0 Å². The molecule has 3 rings (SSSR count). The predicted molar refractivity (Wildman–Crippen MR) is 85.6 cm³/mol. The largest absolute Gasteiger partial charge is 0.368 e. The second-order valence-electron chi connectivity index (χ2n) is 7.63. The Bertz CT molecular complexity index is 546. The number of hydrogen-bond acceptors (Lipinski definition) is 4. The molecular weight excluding hydrogens is 281 g/mol.